The highest BCUT2D eigenvalue weighted by Crippen LogP contribution is 2.20. The lowest BCUT2D eigenvalue weighted by atomic mass is 10.0. The van der Waals surface area contributed by atoms with Crippen LogP contribution in [0.25, 0.3) is 0 Å². The molecular formula is C12H18N2O. The molecule has 0 aromatic heterocycles. The van der Waals surface area contributed by atoms with Crippen LogP contribution in [-0.4, -0.2) is 12.4 Å². The van der Waals surface area contributed by atoms with E-state index in [-0.39, 0.29) is 5.84 Å². The van der Waals surface area contributed by atoms with E-state index in [1.807, 2.05) is 18.2 Å². The molecule has 0 aliphatic rings. The number of benzene rings is 1. The second-order valence-corrected chi connectivity index (χ2v) is 3.85. The van der Waals surface area contributed by atoms with Gasteiger partial charge < -0.3 is 10.5 Å². The summed E-state index contributed by atoms with van der Waals surface area (Å²) in [5.41, 5.74) is 6.50. The average molecular weight is 206 g/mol. The standard InChI is InChI=1S/C12H18N2O/c1-9(2)10-4-3-5-11(8-10)15-7-6-12(13)14/h3-5,8-9H,6-7H2,1-2H3,(H3,13,14). The predicted octanol–water partition coefficient (Wildman–Crippen LogP) is 2.51. The van der Waals surface area contributed by atoms with Crippen LogP contribution in [0.4, 0.5) is 0 Å². The number of nitrogens with two attached hydrogens (primary N) is 1. The van der Waals surface area contributed by atoms with Gasteiger partial charge in [0.05, 0.1) is 12.4 Å². The summed E-state index contributed by atoms with van der Waals surface area (Å²) in [6.45, 7) is 4.76. The maximum atomic E-state index is 7.07. The van der Waals surface area contributed by atoms with E-state index in [0.29, 0.717) is 18.9 Å². The third kappa shape index (κ3) is 4.02. The van der Waals surface area contributed by atoms with Crippen molar-refractivity contribution in [3.05, 3.63) is 29.8 Å². The Bertz CT molecular complexity index is 334. The number of rotatable bonds is 5. The molecule has 0 aliphatic carbocycles. The molecule has 3 heteroatoms. The lowest BCUT2D eigenvalue weighted by Crippen LogP contribution is -2.13. The van der Waals surface area contributed by atoms with Crippen LogP contribution >= 0.6 is 0 Å². The van der Waals surface area contributed by atoms with Crippen LogP contribution in [-0.2, 0) is 0 Å². The molecule has 1 aromatic carbocycles. The van der Waals surface area contributed by atoms with Crippen molar-refractivity contribution in [2.24, 2.45) is 5.73 Å². The molecule has 0 amide bonds. The maximum Gasteiger partial charge on any atom is 0.119 e. The monoisotopic (exact) mass is 206 g/mol. The Morgan fingerprint density at radius 3 is 2.80 bits per heavy atom. The van der Waals surface area contributed by atoms with E-state index in [4.69, 9.17) is 15.9 Å². The van der Waals surface area contributed by atoms with Gasteiger partial charge >= 0.3 is 0 Å². The molecule has 0 saturated heterocycles. The molecular weight excluding hydrogens is 188 g/mol. The van der Waals surface area contributed by atoms with E-state index in [1.165, 1.54) is 5.56 Å². The van der Waals surface area contributed by atoms with Crippen molar-refractivity contribution in [3.63, 3.8) is 0 Å². The summed E-state index contributed by atoms with van der Waals surface area (Å²) in [7, 11) is 0. The summed E-state index contributed by atoms with van der Waals surface area (Å²) in [4.78, 5) is 0. The van der Waals surface area contributed by atoms with Gasteiger partial charge in [-0.15, -0.1) is 0 Å². The molecule has 1 aromatic rings. The zero-order valence-electron chi connectivity index (χ0n) is 9.29. The number of nitrogens with one attached hydrogen (secondary N) is 1. The average Bonchev–Trinajstić information content (AvgIpc) is 2.17. The van der Waals surface area contributed by atoms with Gasteiger partial charge in [0.25, 0.3) is 0 Å². The minimum atomic E-state index is 0.162. The van der Waals surface area contributed by atoms with Crippen molar-refractivity contribution in [2.75, 3.05) is 6.61 Å². The molecule has 3 nitrogen and oxygen atoms in total. The van der Waals surface area contributed by atoms with Crippen molar-refractivity contribution < 1.29 is 4.74 Å². The fourth-order valence-electron chi connectivity index (χ4n) is 1.24. The zero-order valence-corrected chi connectivity index (χ0v) is 9.29. The number of ether oxygens (including phenoxy) is 1. The molecule has 1 rings (SSSR count). The first-order valence-corrected chi connectivity index (χ1v) is 5.15. The van der Waals surface area contributed by atoms with Gasteiger partial charge in [0.2, 0.25) is 0 Å². The van der Waals surface area contributed by atoms with Gasteiger partial charge in [0.15, 0.2) is 0 Å². The summed E-state index contributed by atoms with van der Waals surface area (Å²) < 4.78 is 5.49. The van der Waals surface area contributed by atoms with Crippen LogP contribution in [0.2, 0.25) is 0 Å². The lowest BCUT2D eigenvalue weighted by molar-refractivity contribution is 0.328. The van der Waals surface area contributed by atoms with E-state index in [0.717, 1.165) is 5.75 Å². The Labute approximate surface area is 90.8 Å². The van der Waals surface area contributed by atoms with Crippen LogP contribution in [0.15, 0.2) is 24.3 Å². The predicted molar refractivity (Wildman–Crippen MR) is 62.6 cm³/mol. The van der Waals surface area contributed by atoms with Gasteiger partial charge in [0.1, 0.15) is 5.75 Å². The minimum absolute atomic E-state index is 0.162. The van der Waals surface area contributed by atoms with Crippen LogP contribution in [0.5, 0.6) is 5.75 Å². The van der Waals surface area contributed by atoms with Gasteiger partial charge in [-0.3, -0.25) is 5.41 Å². The van der Waals surface area contributed by atoms with Crippen LogP contribution in [0.3, 0.4) is 0 Å². The molecule has 15 heavy (non-hydrogen) atoms. The van der Waals surface area contributed by atoms with Gasteiger partial charge in [-0.25, -0.2) is 0 Å². The van der Waals surface area contributed by atoms with Gasteiger partial charge in [-0.1, -0.05) is 26.0 Å². The number of amidine groups is 1. The second kappa shape index (κ2) is 5.39. The summed E-state index contributed by atoms with van der Waals surface area (Å²) in [6.07, 6.45) is 0.478. The molecule has 82 valence electrons. The van der Waals surface area contributed by atoms with Crippen LogP contribution in [0, 0.1) is 5.41 Å². The molecule has 0 fully saturated rings. The quantitative estimate of drug-likeness (QED) is 0.574. The molecule has 0 radical (unpaired) electrons. The summed E-state index contributed by atoms with van der Waals surface area (Å²) in [5, 5.41) is 7.07. The Morgan fingerprint density at radius 1 is 1.47 bits per heavy atom. The molecule has 0 unspecified atom stereocenters. The van der Waals surface area contributed by atoms with Crippen molar-refractivity contribution in [1.29, 1.82) is 5.41 Å². The van der Waals surface area contributed by atoms with Crippen LogP contribution < -0.4 is 10.5 Å². The molecule has 0 heterocycles. The highest BCUT2D eigenvalue weighted by atomic mass is 16.5. The summed E-state index contributed by atoms with van der Waals surface area (Å²) in [6, 6.07) is 8.03. The Hall–Kier alpha value is -1.51. The third-order valence-corrected chi connectivity index (χ3v) is 2.16. The first-order valence-electron chi connectivity index (χ1n) is 5.15. The SMILES string of the molecule is CC(C)c1cccc(OCCC(=N)N)c1. The fourth-order valence-corrected chi connectivity index (χ4v) is 1.24. The first kappa shape index (κ1) is 11.6. The Balaban J connectivity index is 2.54. The fraction of sp³-hybridized carbons (Fsp3) is 0.417. The summed E-state index contributed by atoms with van der Waals surface area (Å²) in [5.74, 6) is 1.51. The normalized spacial score (nSPS) is 10.3. The first-order chi connectivity index (χ1) is 7.09. The lowest BCUT2D eigenvalue weighted by Gasteiger charge is -2.09. The van der Waals surface area contributed by atoms with Crippen molar-refractivity contribution in [1.82, 2.24) is 0 Å². The highest BCUT2D eigenvalue weighted by molar-refractivity contribution is 5.76. The van der Waals surface area contributed by atoms with E-state index >= 15 is 0 Å². The highest BCUT2D eigenvalue weighted by Gasteiger charge is 2.00. The van der Waals surface area contributed by atoms with Crippen molar-refractivity contribution in [2.45, 2.75) is 26.2 Å². The van der Waals surface area contributed by atoms with E-state index < -0.39 is 0 Å². The Kier molecular flexibility index (Phi) is 4.16. The van der Waals surface area contributed by atoms with Gasteiger partial charge in [-0.05, 0) is 23.6 Å². The Morgan fingerprint density at radius 2 is 2.20 bits per heavy atom. The van der Waals surface area contributed by atoms with E-state index in [1.54, 1.807) is 0 Å². The maximum absolute atomic E-state index is 7.07. The molecule has 0 saturated carbocycles. The van der Waals surface area contributed by atoms with Crippen molar-refractivity contribution >= 4 is 5.84 Å². The molecule has 0 aliphatic heterocycles. The summed E-state index contributed by atoms with van der Waals surface area (Å²) >= 11 is 0. The molecule has 0 bridgehead atoms. The topological polar surface area (TPSA) is 59.1 Å². The number of hydrogen-bond acceptors (Lipinski definition) is 2. The number of hydrogen-bond donors (Lipinski definition) is 2. The van der Waals surface area contributed by atoms with Gasteiger partial charge in [-0.2, -0.15) is 0 Å². The second-order valence-electron chi connectivity index (χ2n) is 3.85. The molecule has 3 N–H and O–H groups in total. The van der Waals surface area contributed by atoms with E-state index in [2.05, 4.69) is 19.9 Å². The largest absolute Gasteiger partial charge is 0.493 e. The van der Waals surface area contributed by atoms with Crippen molar-refractivity contribution in [3.8, 4) is 5.75 Å². The third-order valence-electron chi connectivity index (χ3n) is 2.16. The van der Waals surface area contributed by atoms with Gasteiger partial charge in [0, 0.05) is 6.42 Å². The molecule has 0 spiro atoms. The zero-order chi connectivity index (χ0) is 11.3. The van der Waals surface area contributed by atoms with E-state index in [9.17, 15) is 0 Å². The minimum Gasteiger partial charge on any atom is -0.493 e. The smallest absolute Gasteiger partial charge is 0.119 e. The molecule has 0 atom stereocenters. The van der Waals surface area contributed by atoms with Crippen LogP contribution in [0.1, 0.15) is 31.7 Å².